The number of amides is 1. The zero-order valence-corrected chi connectivity index (χ0v) is 19.9. The normalized spacial score (nSPS) is 10.7. The first-order valence-corrected chi connectivity index (χ1v) is 10.6. The van der Waals surface area contributed by atoms with Crippen LogP contribution in [0.25, 0.3) is 6.08 Å². The summed E-state index contributed by atoms with van der Waals surface area (Å²) in [5, 5.41) is 12.2. The molecule has 1 amide bonds. The van der Waals surface area contributed by atoms with E-state index in [9.17, 15) is 14.9 Å². The number of hydrogen-bond donors (Lipinski definition) is 1. The molecule has 9 heteroatoms. The third kappa shape index (κ3) is 6.74. The lowest BCUT2D eigenvalue weighted by Crippen LogP contribution is -2.14. The third-order valence-electron chi connectivity index (χ3n) is 3.65. The molecule has 0 unspecified atom stereocenters. The van der Waals surface area contributed by atoms with Gasteiger partial charge in [0, 0.05) is 10.2 Å². The molecule has 0 radical (unpaired) electrons. The van der Waals surface area contributed by atoms with Crippen LogP contribution in [0.5, 0.6) is 11.5 Å². The van der Waals surface area contributed by atoms with E-state index in [1.165, 1.54) is 13.2 Å². The number of methoxy groups -OCH3 is 1. The second-order valence-electron chi connectivity index (χ2n) is 5.76. The first-order chi connectivity index (χ1) is 14.4. The van der Waals surface area contributed by atoms with Gasteiger partial charge in [0.15, 0.2) is 18.1 Å². The Morgan fingerprint density at radius 3 is 2.67 bits per heavy atom. The number of hydrogen-bond acceptors (Lipinski definition) is 6. The van der Waals surface area contributed by atoms with Crippen LogP contribution in [0.3, 0.4) is 0 Å². The van der Waals surface area contributed by atoms with Gasteiger partial charge in [-0.3, -0.25) is 4.79 Å². The molecule has 7 nitrogen and oxygen atoms in total. The van der Waals surface area contributed by atoms with Crippen LogP contribution in [0.2, 0.25) is 0 Å². The van der Waals surface area contributed by atoms with E-state index in [0.29, 0.717) is 32.9 Å². The summed E-state index contributed by atoms with van der Waals surface area (Å²) in [5.41, 5.74) is 1.07. The van der Waals surface area contributed by atoms with Gasteiger partial charge in [-0.2, -0.15) is 5.26 Å². The van der Waals surface area contributed by atoms with E-state index >= 15 is 0 Å². The molecule has 0 saturated heterocycles. The van der Waals surface area contributed by atoms with Crippen molar-refractivity contribution in [1.82, 2.24) is 0 Å². The summed E-state index contributed by atoms with van der Waals surface area (Å²) in [6.45, 7) is 1.91. The number of nitriles is 1. The minimum absolute atomic E-state index is 0.0727. The van der Waals surface area contributed by atoms with Gasteiger partial charge in [0.05, 0.1) is 17.3 Å². The summed E-state index contributed by atoms with van der Waals surface area (Å²) < 4.78 is 17.2. The van der Waals surface area contributed by atoms with E-state index in [1.54, 1.807) is 30.3 Å². The van der Waals surface area contributed by atoms with Gasteiger partial charge < -0.3 is 19.5 Å². The van der Waals surface area contributed by atoms with Crippen molar-refractivity contribution < 1.29 is 23.8 Å². The zero-order valence-electron chi connectivity index (χ0n) is 16.2. The Morgan fingerprint density at radius 1 is 1.27 bits per heavy atom. The molecule has 0 aliphatic carbocycles. The Kier molecular flexibility index (Phi) is 9.14. The minimum atomic E-state index is -0.533. The summed E-state index contributed by atoms with van der Waals surface area (Å²) >= 11 is 5.37. The number of benzene rings is 2. The fourth-order valence-electron chi connectivity index (χ4n) is 2.34. The molecule has 156 valence electrons. The van der Waals surface area contributed by atoms with Gasteiger partial charge in [-0.1, -0.05) is 22.0 Å². The quantitative estimate of drug-likeness (QED) is 0.212. The molecule has 0 aliphatic heterocycles. The largest absolute Gasteiger partial charge is 0.490 e. The Morgan fingerprint density at radius 2 is 2.03 bits per heavy atom. The molecule has 0 spiro atoms. The smallest absolute Gasteiger partial charge is 0.343 e. The molecule has 2 rings (SSSR count). The number of halogens is 2. The van der Waals surface area contributed by atoms with E-state index in [4.69, 9.17) is 9.47 Å². The molecule has 30 heavy (non-hydrogen) atoms. The van der Waals surface area contributed by atoms with Crippen molar-refractivity contribution in [2.24, 2.45) is 0 Å². The van der Waals surface area contributed by atoms with Crippen LogP contribution in [0.4, 0.5) is 5.69 Å². The number of anilines is 1. The van der Waals surface area contributed by atoms with Crippen LogP contribution >= 0.6 is 38.5 Å². The molecule has 0 atom stereocenters. The van der Waals surface area contributed by atoms with Crippen molar-refractivity contribution in [1.29, 1.82) is 5.26 Å². The maximum Gasteiger partial charge on any atom is 0.343 e. The number of nitrogens with one attached hydrogen (secondary N) is 1. The van der Waals surface area contributed by atoms with Crippen LogP contribution < -0.4 is 14.8 Å². The van der Waals surface area contributed by atoms with Crippen LogP contribution in [0.15, 0.2) is 46.4 Å². The number of carbonyl (C=O) groups is 2. The number of esters is 1. The molecular weight excluding hydrogens is 567 g/mol. The number of ether oxygens (including phenoxy) is 3. The molecule has 0 bridgehead atoms. The van der Waals surface area contributed by atoms with Crippen molar-refractivity contribution >= 4 is 62.2 Å². The van der Waals surface area contributed by atoms with Crippen molar-refractivity contribution in [3.63, 3.8) is 0 Å². The van der Waals surface area contributed by atoms with Crippen molar-refractivity contribution in [3.05, 3.63) is 55.6 Å². The van der Waals surface area contributed by atoms with Crippen LogP contribution in [-0.4, -0.2) is 32.2 Å². The van der Waals surface area contributed by atoms with E-state index in [1.807, 2.05) is 41.7 Å². The Hall–Kier alpha value is -2.58. The lowest BCUT2D eigenvalue weighted by Gasteiger charge is -2.14. The first kappa shape index (κ1) is 23.7. The number of carbonyl (C=O) groups excluding carboxylic acids is 2. The van der Waals surface area contributed by atoms with Gasteiger partial charge in [0.2, 0.25) is 0 Å². The highest BCUT2D eigenvalue weighted by Crippen LogP contribution is 2.35. The highest BCUT2D eigenvalue weighted by Gasteiger charge is 2.16. The van der Waals surface area contributed by atoms with Gasteiger partial charge in [-0.05, 0) is 71.5 Å². The van der Waals surface area contributed by atoms with E-state index in [0.717, 1.165) is 4.47 Å². The van der Waals surface area contributed by atoms with E-state index in [2.05, 4.69) is 26.0 Å². The summed E-state index contributed by atoms with van der Waals surface area (Å²) in [6.07, 6.45) is 1.46. The standard InChI is InChI=1S/C21H18BrIN2O5/c1-3-29-18-9-13(8-17(23)20(18)30-12-19(26)28-2)7-14(11-24)21(27)25-16-6-4-5-15(22)10-16/h4-10H,3,12H2,1-2H3,(H,25,27)/b14-7-. The highest BCUT2D eigenvalue weighted by molar-refractivity contribution is 14.1. The monoisotopic (exact) mass is 584 g/mol. The van der Waals surface area contributed by atoms with Crippen molar-refractivity contribution in [3.8, 4) is 17.6 Å². The van der Waals surface area contributed by atoms with E-state index in [-0.39, 0.29) is 12.2 Å². The maximum absolute atomic E-state index is 12.5. The second kappa shape index (κ2) is 11.6. The zero-order chi connectivity index (χ0) is 22.1. The van der Waals surface area contributed by atoms with Crippen LogP contribution in [-0.2, 0) is 14.3 Å². The van der Waals surface area contributed by atoms with Crippen molar-refractivity contribution in [2.75, 3.05) is 25.6 Å². The SMILES string of the molecule is CCOc1cc(/C=C(/C#N)C(=O)Nc2cccc(Br)c2)cc(I)c1OCC(=O)OC. The van der Waals surface area contributed by atoms with Crippen molar-refractivity contribution in [2.45, 2.75) is 6.92 Å². The van der Waals surface area contributed by atoms with Crippen LogP contribution in [0.1, 0.15) is 12.5 Å². The van der Waals surface area contributed by atoms with Gasteiger partial charge in [0.25, 0.3) is 5.91 Å². The lowest BCUT2D eigenvalue weighted by molar-refractivity contribution is -0.142. The average Bonchev–Trinajstić information content (AvgIpc) is 2.71. The number of nitrogens with zero attached hydrogens (tertiary/aromatic N) is 1. The molecule has 0 saturated carbocycles. The third-order valence-corrected chi connectivity index (χ3v) is 4.95. The summed E-state index contributed by atoms with van der Waals surface area (Å²) in [4.78, 5) is 23.9. The molecule has 1 N–H and O–H groups in total. The molecular formula is C21H18BrIN2O5. The Balaban J connectivity index is 2.31. The molecule has 0 aliphatic rings. The van der Waals surface area contributed by atoms with Gasteiger partial charge >= 0.3 is 5.97 Å². The van der Waals surface area contributed by atoms with Gasteiger partial charge in [-0.15, -0.1) is 0 Å². The summed E-state index contributed by atoms with van der Waals surface area (Å²) in [6, 6.07) is 12.3. The van der Waals surface area contributed by atoms with Crippen LogP contribution in [0, 0.1) is 14.9 Å². The fraction of sp³-hybridized carbons (Fsp3) is 0.190. The average molecular weight is 585 g/mol. The Bertz CT molecular complexity index is 1020. The molecule has 0 aromatic heterocycles. The lowest BCUT2D eigenvalue weighted by atomic mass is 10.1. The second-order valence-corrected chi connectivity index (χ2v) is 7.84. The minimum Gasteiger partial charge on any atom is -0.490 e. The van der Waals surface area contributed by atoms with Gasteiger partial charge in [-0.25, -0.2) is 4.79 Å². The number of rotatable bonds is 8. The predicted molar refractivity (Wildman–Crippen MR) is 124 cm³/mol. The van der Waals surface area contributed by atoms with E-state index < -0.39 is 11.9 Å². The fourth-order valence-corrected chi connectivity index (χ4v) is 3.52. The molecule has 0 fully saturated rings. The maximum atomic E-state index is 12.5. The molecule has 2 aromatic carbocycles. The summed E-state index contributed by atoms with van der Waals surface area (Å²) in [5.74, 6) is -0.274. The predicted octanol–water partition coefficient (Wildman–Crippen LogP) is 4.55. The summed E-state index contributed by atoms with van der Waals surface area (Å²) in [7, 11) is 1.27. The Labute approximate surface area is 196 Å². The van der Waals surface area contributed by atoms with Gasteiger partial charge in [0.1, 0.15) is 11.6 Å². The molecule has 2 aromatic rings. The highest BCUT2D eigenvalue weighted by atomic mass is 127. The topological polar surface area (TPSA) is 97.6 Å². The first-order valence-electron chi connectivity index (χ1n) is 8.72. The molecule has 0 heterocycles.